The van der Waals surface area contributed by atoms with Crippen LogP contribution < -0.4 is 0 Å². The monoisotopic (exact) mass is 240 g/mol. The average Bonchev–Trinajstić information content (AvgIpc) is 2.33. The standard InChI is InChI=1S/C15H28O2/c1-3-5-6-7-8-9-11-15(17)13-10-12-14(16)4-2/h3-13H2,1-2H3. The molecule has 0 saturated heterocycles. The Morgan fingerprint density at radius 2 is 1.18 bits per heavy atom. The zero-order valence-electron chi connectivity index (χ0n) is 11.6. The van der Waals surface area contributed by atoms with Crippen LogP contribution in [0, 0.1) is 0 Å². The van der Waals surface area contributed by atoms with Crippen LogP contribution in [0.4, 0.5) is 0 Å². The molecule has 0 radical (unpaired) electrons. The average molecular weight is 240 g/mol. The number of ketones is 2. The molecule has 0 fully saturated rings. The van der Waals surface area contributed by atoms with Gasteiger partial charge < -0.3 is 0 Å². The van der Waals surface area contributed by atoms with E-state index in [-0.39, 0.29) is 5.78 Å². The van der Waals surface area contributed by atoms with Crippen molar-refractivity contribution in [3.8, 4) is 0 Å². The van der Waals surface area contributed by atoms with Gasteiger partial charge in [-0.1, -0.05) is 46.0 Å². The maximum Gasteiger partial charge on any atom is 0.132 e. The zero-order chi connectivity index (χ0) is 12.9. The van der Waals surface area contributed by atoms with E-state index in [2.05, 4.69) is 6.92 Å². The second-order valence-electron chi connectivity index (χ2n) is 4.80. The molecule has 0 atom stereocenters. The fourth-order valence-electron chi connectivity index (χ4n) is 1.89. The number of hydrogen-bond donors (Lipinski definition) is 0. The third-order valence-corrected chi connectivity index (χ3v) is 3.11. The van der Waals surface area contributed by atoms with E-state index in [9.17, 15) is 9.59 Å². The van der Waals surface area contributed by atoms with Gasteiger partial charge in [-0.25, -0.2) is 0 Å². The summed E-state index contributed by atoms with van der Waals surface area (Å²) in [6.45, 7) is 4.08. The first kappa shape index (κ1) is 16.3. The van der Waals surface area contributed by atoms with E-state index in [1.54, 1.807) is 0 Å². The molecule has 0 bridgehead atoms. The molecule has 0 aliphatic heterocycles. The molecule has 0 aromatic carbocycles. The molecule has 0 heterocycles. The Hall–Kier alpha value is -0.660. The van der Waals surface area contributed by atoms with Crippen molar-refractivity contribution in [1.82, 2.24) is 0 Å². The second-order valence-corrected chi connectivity index (χ2v) is 4.80. The normalized spacial score (nSPS) is 10.5. The van der Waals surface area contributed by atoms with Gasteiger partial charge >= 0.3 is 0 Å². The summed E-state index contributed by atoms with van der Waals surface area (Å²) >= 11 is 0. The second kappa shape index (κ2) is 11.8. The molecule has 2 nitrogen and oxygen atoms in total. The minimum absolute atomic E-state index is 0.275. The van der Waals surface area contributed by atoms with Gasteiger partial charge in [0.1, 0.15) is 11.6 Å². The molecule has 0 aromatic rings. The molecule has 0 amide bonds. The molecule has 17 heavy (non-hydrogen) atoms. The summed E-state index contributed by atoms with van der Waals surface area (Å²) in [6, 6.07) is 0. The molecular weight excluding hydrogens is 212 g/mol. The van der Waals surface area contributed by atoms with E-state index in [1.165, 1.54) is 32.1 Å². The maximum atomic E-state index is 11.5. The summed E-state index contributed by atoms with van der Waals surface area (Å²) < 4.78 is 0. The van der Waals surface area contributed by atoms with Crippen LogP contribution in [-0.2, 0) is 9.59 Å². The van der Waals surface area contributed by atoms with Gasteiger partial charge in [0.15, 0.2) is 0 Å². The van der Waals surface area contributed by atoms with E-state index in [4.69, 9.17) is 0 Å². The molecule has 100 valence electrons. The highest BCUT2D eigenvalue weighted by molar-refractivity contribution is 5.80. The van der Waals surface area contributed by atoms with Crippen molar-refractivity contribution in [3.05, 3.63) is 0 Å². The highest BCUT2D eigenvalue weighted by Gasteiger charge is 2.04. The maximum absolute atomic E-state index is 11.5. The van der Waals surface area contributed by atoms with E-state index in [1.807, 2.05) is 6.92 Å². The highest BCUT2D eigenvalue weighted by Crippen LogP contribution is 2.09. The van der Waals surface area contributed by atoms with Gasteiger partial charge in [-0.2, -0.15) is 0 Å². The lowest BCUT2D eigenvalue weighted by Gasteiger charge is -2.01. The first-order valence-corrected chi connectivity index (χ1v) is 7.24. The van der Waals surface area contributed by atoms with Crippen molar-refractivity contribution < 1.29 is 9.59 Å². The van der Waals surface area contributed by atoms with Gasteiger partial charge in [0.25, 0.3) is 0 Å². The lowest BCUT2D eigenvalue weighted by atomic mass is 10.0. The van der Waals surface area contributed by atoms with Crippen LogP contribution in [0.3, 0.4) is 0 Å². The highest BCUT2D eigenvalue weighted by atomic mass is 16.1. The Morgan fingerprint density at radius 3 is 1.82 bits per heavy atom. The molecule has 0 saturated carbocycles. The Morgan fingerprint density at radius 1 is 0.647 bits per heavy atom. The molecule has 0 unspecified atom stereocenters. The summed E-state index contributed by atoms with van der Waals surface area (Å²) in [6.07, 6.45) is 10.6. The minimum atomic E-state index is 0.275. The molecular formula is C15H28O2. The first-order chi connectivity index (χ1) is 8.20. The topological polar surface area (TPSA) is 34.1 Å². The Labute approximate surface area is 106 Å². The van der Waals surface area contributed by atoms with Gasteiger partial charge in [0, 0.05) is 25.7 Å². The Balaban J connectivity index is 3.26. The third kappa shape index (κ3) is 11.6. The van der Waals surface area contributed by atoms with E-state index >= 15 is 0 Å². The van der Waals surface area contributed by atoms with Crippen molar-refractivity contribution in [3.63, 3.8) is 0 Å². The Kier molecular flexibility index (Phi) is 11.4. The van der Waals surface area contributed by atoms with E-state index in [0.29, 0.717) is 31.5 Å². The van der Waals surface area contributed by atoms with Gasteiger partial charge in [0.05, 0.1) is 0 Å². The molecule has 0 aliphatic rings. The van der Waals surface area contributed by atoms with E-state index in [0.717, 1.165) is 12.8 Å². The predicted molar refractivity (Wildman–Crippen MR) is 72.1 cm³/mol. The molecule has 0 spiro atoms. The van der Waals surface area contributed by atoms with Crippen molar-refractivity contribution in [1.29, 1.82) is 0 Å². The number of carbonyl (C=O) groups excluding carboxylic acids is 2. The van der Waals surface area contributed by atoms with Crippen LogP contribution in [0.2, 0.25) is 0 Å². The van der Waals surface area contributed by atoms with Crippen molar-refractivity contribution in [2.75, 3.05) is 0 Å². The molecule has 0 aliphatic carbocycles. The summed E-state index contributed by atoms with van der Waals surface area (Å²) in [5.41, 5.74) is 0. The lowest BCUT2D eigenvalue weighted by molar-refractivity contribution is -0.120. The summed E-state index contributed by atoms with van der Waals surface area (Å²) in [4.78, 5) is 22.5. The number of Topliss-reactive ketones (excluding diaryl/α,β-unsaturated/α-hetero) is 2. The smallest absolute Gasteiger partial charge is 0.132 e. The van der Waals surface area contributed by atoms with Crippen molar-refractivity contribution >= 4 is 11.6 Å². The SMILES string of the molecule is CCCCCCCCC(=O)CCCC(=O)CC. The lowest BCUT2D eigenvalue weighted by Crippen LogP contribution is -2.01. The predicted octanol–water partition coefficient (Wildman–Crippen LogP) is 4.46. The first-order valence-electron chi connectivity index (χ1n) is 7.24. The molecule has 0 aromatic heterocycles. The quantitative estimate of drug-likeness (QED) is 0.472. The van der Waals surface area contributed by atoms with Gasteiger partial charge in [-0.15, -0.1) is 0 Å². The fraction of sp³-hybridized carbons (Fsp3) is 0.867. The molecule has 2 heteroatoms. The van der Waals surface area contributed by atoms with Crippen molar-refractivity contribution in [2.45, 2.75) is 84.5 Å². The number of hydrogen-bond acceptors (Lipinski definition) is 2. The van der Waals surface area contributed by atoms with Crippen LogP contribution >= 0.6 is 0 Å². The number of unbranched alkanes of at least 4 members (excludes halogenated alkanes) is 5. The van der Waals surface area contributed by atoms with Crippen LogP contribution in [0.1, 0.15) is 84.5 Å². The third-order valence-electron chi connectivity index (χ3n) is 3.11. The van der Waals surface area contributed by atoms with Crippen LogP contribution in [0.5, 0.6) is 0 Å². The number of rotatable bonds is 12. The molecule has 0 N–H and O–H groups in total. The van der Waals surface area contributed by atoms with Crippen LogP contribution in [-0.4, -0.2) is 11.6 Å². The summed E-state index contributed by atoms with van der Waals surface area (Å²) in [7, 11) is 0. The Bertz CT molecular complexity index is 209. The number of carbonyl (C=O) groups is 2. The van der Waals surface area contributed by atoms with Gasteiger partial charge in [-0.05, 0) is 12.8 Å². The molecule has 0 rings (SSSR count). The fourth-order valence-corrected chi connectivity index (χ4v) is 1.89. The van der Waals surface area contributed by atoms with Gasteiger partial charge in [-0.3, -0.25) is 9.59 Å². The van der Waals surface area contributed by atoms with Crippen molar-refractivity contribution in [2.24, 2.45) is 0 Å². The summed E-state index contributed by atoms with van der Waals surface area (Å²) in [5.74, 6) is 0.613. The van der Waals surface area contributed by atoms with Gasteiger partial charge in [0.2, 0.25) is 0 Å². The van der Waals surface area contributed by atoms with Crippen LogP contribution in [0.15, 0.2) is 0 Å². The summed E-state index contributed by atoms with van der Waals surface area (Å²) in [5, 5.41) is 0. The zero-order valence-corrected chi connectivity index (χ0v) is 11.6. The minimum Gasteiger partial charge on any atom is -0.300 e. The van der Waals surface area contributed by atoms with E-state index < -0.39 is 0 Å². The largest absolute Gasteiger partial charge is 0.300 e. The van der Waals surface area contributed by atoms with Crippen LogP contribution in [0.25, 0.3) is 0 Å².